The molecular weight excluding hydrogens is 590 g/mol. The number of imidazole rings is 1. The first-order valence-corrected chi connectivity index (χ1v) is 15.5. The summed E-state index contributed by atoms with van der Waals surface area (Å²) >= 11 is 7.22. The van der Waals surface area contributed by atoms with Gasteiger partial charge in [-0.25, -0.2) is 22.7 Å². The second kappa shape index (κ2) is 10.9. The molecule has 0 spiro atoms. The number of rotatable bonds is 10. The Hall–Kier alpha value is -2.43. The Morgan fingerprint density at radius 3 is 2.67 bits per heavy atom. The van der Waals surface area contributed by atoms with Crippen molar-refractivity contribution >= 4 is 50.1 Å². The van der Waals surface area contributed by atoms with Gasteiger partial charge in [0.05, 0.1) is 15.4 Å². The number of alkyl halides is 2. The molecule has 16 heteroatoms. The predicted octanol–water partition coefficient (Wildman–Crippen LogP) is 4.26. The molecule has 4 aromatic rings. The number of hydrogen-bond donors (Lipinski definition) is 3. The maximum Gasteiger partial charge on any atom is 0.291 e. The van der Waals surface area contributed by atoms with Crippen LogP contribution in [-0.4, -0.2) is 65.6 Å². The van der Waals surface area contributed by atoms with E-state index >= 15 is 0 Å². The Labute approximate surface area is 236 Å². The molecule has 0 radical (unpaired) electrons. The molecular formula is C23H25ClF2N8O2S3. The quantitative estimate of drug-likeness (QED) is 0.244. The molecule has 0 aromatic carbocycles. The smallest absolute Gasteiger partial charge is 0.291 e. The molecule has 2 unspecified atom stereocenters. The number of aromatic nitrogens is 5. The van der Waals surface area contributed by atoms with Crippen molar-refractivity contribution in [2.24, 2.45) is 0 Å². The van der Waals surface area contributed by atoms with Crippen molar-refractivity contribution in [3.63, 3.8) is 0 Å². The van der Waals surface area contributed by atoms with Gasteiger partial charge in [0.2, 0.25) is 0 Å². The normalized spacial score (nSPS) is 16.3. The lowest BCUT2D eigenvalue weighted by Crippen LogP contribution is -2.30. The third-order valence-corrected chi connectivity index (χ3v) is 10.1. The van der Waals surface area contributed by atoms with Crippen LogP contribution >= 0.6 is 22.9 Å². The van der Waals surface area contributed by atoms with Crippen LogP contribution in [0.2, 0.25) is 5.15 Å². The summed E-state index contributed by atoms with van der Waals surface area (Å²) in [5, 5.41) is 7.56. The van der Waals surface area contributed by atoms with Crippen LogP contribution in [0.4, 0.5) is 8.78 Å². The zero-order valence-corrected chi connectivity index (χ0v) is 24.3. The minimum Gasteiger partial charge on any atom is -0.316 e. The van der Waals surface area contributed by atoms with Crippen molar-refractivity contribution in [3.8, 4) is 22.0 Å². The molecule has 10 nitrogen and oxygen atoms in total. The summed E-state index contributed by atoms with van der Waals surface area (Å²) in [6, 6.07) is 4.92. The average Bonchev–Trinajstić information content (AvgIpc) is 3.26. The van der Waals surface area contributed by atoms with Gasteiger partial charge in [-0.3, -0.25) is 14.0 Å². The number of pyridine rings is 2. The van der Waals surface area contributed by atoms with Gasteiger partial charge in [0.25, 0.3) is 12.0 Å². The Kier molecular flexibility index (Phi) is 7.83. The van der Waals surface area contributed by atoms with Gasteiger partial charge in [-0.15, -0.1) is 10.2 Å². The first kappa shape index (κ1) is 28.1. The van der Waals surface area contributed by atoms with E-state index in [-0.39, 0.29) is 27.1 Å². The van der Waals surface area contributed by atoms with Gasteiger partial charge in [0.1, 0.15) is 11.0 Å². The summed E-state index contributed by atoms with van der Waals surface area (Å²) in [5.41, 5.74) is 0.232. The maximum absolute atomic E-state index is 13.3. The number of nitrogens with zero attached hydrogens (tertiary/aromatic N) is 5. The van der Waals surface area contributed by atoms with Crippen LogP contribution in [0.5, 0.6) is 0 Å². The van der Waals surface area contributed by atoms with E-state index in [0.29, 0.717) is 44.6 Å². The van der Waals surface area contributed by atoms with E-state index in [9.17, 15) is 17.8 Å². The van der Waals surface area contributed by atoms with Crippen LogP contribution in [0.25, 0.3) is 27.5 Å². The van der Waals surface area contributed by atoms with Crippen molar-refractivity contribution < 1.29 is 13.0 Å². The Balaban J connectivity index is 1.65. The van der Waals surface area contributed by atoms with Crippen LogP contribution in [0.1, 0.15) is 31.2 Å². The highest BCUT2D eigenvalue weighted by Crippen LogP contribution is 2.38. The molecule has 4 heterocycles. The number of halogens is 3. The molecule has 1 fully saturated rings. The standard InChI is InChI=1S/C23H25ClF2N8O2S3/c1-23(6-7-23)32-39(36)12-10-14(13-4-5-15(28-20(13)35)38(27)9-8-33(2)3)16-17(24)29-19(34(16)11-12)22-31-30-21(37-22)18(25)26/h4-5,10-11,18,27,32H,6-9H2,1-3H3,(H,28,35). The zero-order chi connectivity index (χ0) is 28.1. The van der Waals surface area contributed by atoms with Gasteiger partial charge >= 0.3 is 0 Å². The van der Waals surface area contributed by atoms with Crippen molar-refractivity contribution in [1.29, 1.82) is 4.78 Å². The fraction of sp³-hybridized carbons (Fsp3) is 0.391. The lowest BCUT2D eigenvalue weighted by atomic mass is 10.1. The van der Waals surface area contributed by atoms with E-state index in [0.717, 1.165) is 12.8 Å². The molecule has 0 saturated heterocycles. The molecule has 1 aliphatic rings. The monoisotopic (exact) mass is 614 g/mol. The van der Waals surface area contributed by atoms with E-state index in [1.165, 1.54) is 4.40 Å². The van der Waals surface area contributed by atoms with Gasteiger partial charge in [0, 0.05) is 35.2 Å². The molecule has 1 saturated carbocycles. The van der Waals surface area contributed by atoms with Crippen LogP contribution < -0.4 is 10.3 Å². The third kappa shape index (κ3) is 5.88. The van der Waals surface area contributed by atoms with E-state index in [4.69, 9.17) is 16.4 Å². The second-order valence-electron chi connectivity index (χ2n) is 9.68. The molecule has 0 amide bonds. The van der Waals surface area contributed by atoms with Crippen molar-refractivity contribution in [2.45, 2.75) is 41.7 Å². The highest BCUT2D eigenvalue weighted by atomic mass is 35.5. The van der Waals surface area contributed by atoms with Crippen molar-refractivity contribution in [1.82, 2.24) is 34.2 Å². The summed E-state index contributed by atoms with van der Waals surface area (Å²) < 4.78 is 52.8. The molecule has 4 aromatic heterocycles. The SMILES string of the molecule is CN(C)CCS(=N)c1ccc(-c2cc(S(=O)NC3(C)CC3)cn3c(-c4nnc(C(F)F)s4)nc(Cl)c23)c(=O)[nH]1. The largest absolute Gasteiger partial charge is 0.316 e. The van der Waals surface area contributed by atoms with Crippen molar-refractivity contribution in [2.75, 3.05) is 26.4 Å². The van der Waals surface area contributed by atoms with E-state index < -0.39 is 38.7 Å². The lowest BCUT2D eigenvalue weighted by Gasteiger charge is -2.14. The van der Waals surface area contributed by atoms with Gasteiger partial charge < -0.3 is 9.88 Å². The zero-order valence-electron chi connectivity index (χ0n) is 21.1. The molecule has 1 aliphatic carbocycles. The molecule has 5 rings (SSSR count). The van der Waals surface area contributed by atoms with Crippen LogP contribution in [0.3, 0.4) is 0 Å². The number of H-pyrrole nitrogens is 1. The fourth-order valence-electron chi connectivity index (χ4n) is 3.79. The number of nitrogens with one attached hydrogen (secondary N) is 3. The highest BCUT2D eigenvalue weighted by Gasteiger charge is 2.39. The average molecular weight is 615 g/mol. The highest BCUT2D eigenvalue weighted by molar-refractivity contribution is 7.86. The summed E-state index contributed by atoms with van der Waals surface area (Å²) in [6.45, 7) is 2.67. The first-order valence-electron chi connectivity index (χ1n) is 11.8. The summed E-state index contributed by atoms with van der Waals surface area (Å²) in [5.74, 6) is 0.702. The third-order valence-electron chi connectivity index (χ3n) is 6.22. The summed E-state index contributed by atoms with van der Waals surface area (Å²) in [4.78, 5) is 22.8. The van der Waals surface area contributed by atoms with E-state index in [1.54, 1.807) is 24.4 Å². The molecule has 208 valence electrons. The lowest BCUT2D eigenvalue weighted by molar-refractivity contribution is 0.150. The number of hydrogen-bond acceptors (Lipinski definition) is 8. The predicted molar refractivity (Wildman–Crippen MR) is 149 cm³/mol. The van der Waals surface area contributed by atoms with Gasteiger partial charge in [0.15, 0.2) is 21.0 Å². The number of aromatic amines is 1. The first-order chi connectivity index (χ1) is 18.5. The minimum atomic E-state index is -2.79. The molecule has 39 heavy (non-hydrogen) atoms. The maximum atomic E-state index is 13.3. The van der Waals surface area contributed by atoms with Crippen molar-refractivity contribution in [3.05, 3.63) is 44.9 Å². The van der Waals surface area contributed by atoms with Gasteiger partial charge in [-0.1, -0.05) is 33.6 Å². The van der Waals surface area contributed by atoms with E-state index in [2.05, 4.69) is 24.9 Å². The minimum absolute atomic E-state index is 0.0166. The fourth-order valence-corrected chi connectivity index (χ4v) is 7.16. The summed E-state index contributed by atoms with van der Waals surface area (Å²) in [6.07, 6.45) is 0.509. The Bertz CT molecular complexity index is 1660. The number of fused-ring (bicyclic) bond motifs is 1. The molecule has 0 bridgehead atoms. The Morgan fingerprint density at radius 2 is 2.05 bits per heavy atom. The van der Waals surface area contributed by atoms with Crippen LogP contribution in [-0.2, 0) is 21.7 Å². The van der Waals surface area contributed by atoms with E-state index in [1.807, 2.05) is 25.9 Å². The second-order valence-corrected chi connectivity index (χ2v) is 13.9. The molecule has 2 atom stereocenters. The van der Waals surface area contributed by atoms with Crippen LogP contribution in [0.15, 0.2) is 39.1 Å². The Morgan fingerprint density at radius 1 is 1.31 bits per heavy atom. The molecule has 0 aliphatic heterocycles. The van der Waals surface area contributed by atoms with Crippen LogP contribution in [0, 0.1) is 4.78 Å². The summed E-state index contributed by atoms with van der Waals surface area (Å²) in [7, 11) is 1.26. The van der Waals surface area contributed by atoms with Gasteiger partial charge in [-0.2, -0.15) is 0 Å². The molecule has 3 N–H and O–H groups in total. The topological polar surface area (TPSA) is 132 Å². The van der Waals surface area contributed by atoms with Gasteiger partial charge in [-0.05, 0) is 52.1 Å².